The van der Waals surface area contributed by atoms with Gasteiger partial charge >= 0.3 is 5.97 Å². The van der Waals surface area contributed by atoms with Gasteiger partial charge in [-0.3, -0.25) is 19.3 Å². The Morgan fingerprint density at radius 1 is 0.857 bits per heavy atom. The van der Waals surface area contributed by atoms with Crippen molar-refractivity contribution < 1.29 is 23.9 Å². The van der Waals surface area contributed by atoms with Crippen molar-refractivity contribution in [3.05, 3.63) is 95.1 Å². The molecule has 3 aromatic carbocycles. The molecule has 2 aliphatic rings. The maximum atomic E-state index is 13.3. The summed E-state index contributed by atoms with van der Waals surface area (Å²) in [4.78, 5) is 58.4. The van der Waals surface area contributed by atoms with E-state index in [2.05, 4.69) is 6.92 Å². The van der Waals surface area contributed by atoms with Gasteiger partial charge in [0, 0.05) is 16.5 Å². The molecule has 1 aliphatic carbocycles. The third-order valence-corrected chi connectivity index (χ3v) is 8.50. The predicted octanol–water partition coefficient (Wildman–Crippen LogP) is 6.48. The zero-order chi connectivity index (χ0) is 29.5. The van der Waals surface area contributed by atoms with Crippen molar-refractivity contribution in [2.24, 2.45) is 17.8 Å². The molecule has 1 aromatic heterocycles. The fourth-order valence-corrected chi connectivity index (χ4v) is 6.11. The Kier molecular flexibility index (Phi) is 7.19. The highest BCUT2D eigenvalue weighted by Gasteiger charge is 2.49. The first-order valence-electron chi connectivity index (χ1n) is 14.4. The number of hydrogen-bond donors (Lipinski definition) is 0. The number of carbonyl (C=O) groups is 4. The van der Waals surface area contributed by atoms with Crippen LogP contribution in [0.3, 0.4) is 0 Å². The first-order valence-corrected chi connectivity index (χ1v) is 14.4. The fraction of sp³-hybridized carbons (Fsp3) is 0.286. The summed E-state index contributed by atoms with van der Waals surface area (Å²) in [6.45, 7) is 5.63. The minimum Gasteiger partial charge on any atom is -0.454 e. The molecule has 1 aliphatic heterocycles. The summed E-state index contributed by atoms with van der Waals surface area (Å²) < 4.78 is 5.48. The van der Waals surface area contributed by atoms with Crippen LogP contribution in [0.25, 0.3) is 22.2 Å². The number of Topliss-reactive ketones (excluding diaryl/α,β-unsaturated/α-hetero) is 1. The number of hydrogen-bond acceptors (Lipinski definition) is 6. The van der Waals surface area contributed by atoms with E-state index in [0.29, 0.717) is 39.3 Å². The summed E-state index contributed by atoms with van der Waals surface area (Å²) in [5.41, 5.74) is 5.20. The quantitative estimate of drug-likeness (QED) is 0.152. The van der Waals surface area contributed by atoms with E-state index < -0.39 is 5.97 Å². The number of aryl methyl sites for hydroxylation is 2. The van der Waals surface area contributed by atoms with Crippen LogP contribution in [0.1, 0.15) is 58.0 Å². The summed E-state index contributed by atoms with van der Waals surface area (Å²) in [7, 11) is 0. The number of ether oxygens (including phenoxy) is 1. The number of esters is 1. The number of amides is 2. The lowest BCUT2D eigenvalue weighted by molar-refractivity contribution is -0.122. The molecule has 42 heavy (non-hydrogen) atoms. The number of fused-ring (bicyclic) bond motifs is 2. The third-order valence-electron chi connectivity index (χ3n) is 8.50. The molecule has 0 spiro atoms. The average molecular weight is 561 g/mol. The molecule has 1 saturated heterocycles. The molecule has 2 heterocycles. The fourth-order valence-electron chi connectivity index (χ4n) is 6.11. The molecule has 0 N–H and O–H groups in total. The Morgan fingerprint density at radius 3 is 2.29 bits per heavy atom. The third kappa shape index (κ3) is 5.11. The Labute approximate surface area is 244 Å². The number of nitrogens with zero attached hydrogens (tertiary/aromatic N) is 2. The molecule has 2 fully saturated rings. The standard InChI is InChI=1S/C35H32N2O5/c1-20-4-8-24(9-5-20)32(38)19-42-35(41)29-18-31(36-30-15-7-22(3)16-27(29)30)23-10-12-25(13-11-23)37-33(39)26-14-6-21(2)17-28(26)34(37)40/h4-5,7-13,15-16,18,21,26,28H,6,14,17,19H2,1-3H3/t21-,26-,28+/m1/s1. The van der Waals surface area contributed by atoms with Gasteiger partial charge in [0.25, 0.3) is 0 Å². The lowest BCUT2D eigenvalue weighted by Gasteiger charge is -2.25. The number of carbonyl (C=O) groups excluding carboxylic acids is 4. The van der Waals surface area contributed by atoms with Crippen LogP contribution in [0.4, 0.5) is 5.69 Å². The van der Waals surface area contributed by atoms with Crippen molar-refractivity contribution in [2.75, 3.05) is 11.5 Å². The number of benzene rings is 3. The van der Waals surface area contributed by atoms with E-state index in [9.17, 15) is 19.2 Å². The molecule has 0 unspecified atom stereocenters. The second-order valence-electron chi connectivity index (χ2n) is 11.6. The van der Waals surface area contributed by atoms with E-state index in [4.69, 9.17) is 9.72 Å². The zero-order valence-electron chi connectivity index (χ0n) is 23.9. The predicted molar refractivity (Wildman–Crippen MR) is 160 cm³/mol. The summed E-state index contributed by atoms with van der Waals surface area (Å²) in [6, 6.07) is 21.5. The van der Waals surface area contributed by atoms with Gasteiger partial charge in [-0.25, -0.2) is 9.78 Å². The maximum absolute atomic E-state index is 13.3. The molecule has 1 saturated carbocycles. The average Bonchev–Trinajstić information content (AvgIpc) is 3.24. The van der Waals surface area contributed by atoms with Gasteiger partial charge in [-0.1, -0.05) is 60.5 Å². The van der Waals surface area contributed by atoms with Crippen LogP contribution in [0.15, 0.2) is 72.8 Å². The van der Waals surface area contributed by atoms with Crippen LogP contribution in [0.5, 0.6) is 0 Å². The second-order valence-corrected chi connectivity index (χ2v) is 11.6. The van der Waals surface area contributed by atoms with E-state index >= 15 is 0 Å². The van der Waals surface area contributed by atoms with E-state index in [1.807, 2.05) is 44.2 Å². The van der Waals surface area contributed by atoms with Crippen LogP contribution in [-0.4, -0.2) is 35.2 Å². The summed E-state index contributed by atoms with van der Waals surface area (Å²) >= 11 is 0. The SMILES string of the molecule is Cc1ccc(C(=O)COC(=O)c2cc(-c3ccc(N4C(=O)[C@H]5C[C@H](C)CC[C@H]5C4=O)cc3)nc3ccc(C)cc23)cc1. The van der Waals surface area contributed by atoms with Crippen LogP contribution >= 0.6 is 0 Å². The summed E-state index contributed by atoms with van der Waals surface area (Å²) in [5, 5.41) is 0.633. The van der Waals surface area contributed by atoms with Gasteiger partial charge < -0.3 is 4.74 Å². The molecule has 4 aromatic rings. The Morgan fingerprint density at radius 2 is 1.55 bits per heavy atom. The molecule has 212 valence electrons. The molecule has 3 atom stereocenters. The van der Waals surface area contributed by atoms with Crippen LogP contribution < -0.4 is 4.90 Å². The Hall–Kier alpha value is -4.65. The highest BCUT2D eigenvalue weighted by molar-refractivity contribution is 6.22. The van der Waals surface area contributed by atoms with Crippen molar-refractivity contribution in [3.8, 4) is 11.3 Å². The van der Waals surface area contributed by atoms with Crippen LogP contribution in [0, 0.1) is 31.6 Å². The van der Waals surface area contributed by atoms with E-state index in [1.165, 1.54) is 4.90 Å². The van der Waals surface area contributed by atoms with Gasteiger partial charge in [-0.05, 0) is 69.4 Å². The number of ketones is 1. The van der Waals surface area contributed by atoms with Gasteiger partial charge in [0.1, 0.15) is 0 Å². The van der Waals surface area contributed by atoms with Gasteiger partial charge in [-0.15, -0.1) is 0 Å². The second kappa shape index (κ2) is 11.0. The van der Waals surface area contributed by atoms with Crippen LogP contribution in [-0.2, 0) is 14.3 Å². The van der Waals surface area contributed by atoms with Crippen molar-refractivity contribution in [1.82, 2.24) is 4.98 Å². The molecule has 6 rings (SSSR count). The summed E-state index contributed by atoms with van der Waals surface area (Å²) in [5.74, 6) is -1.16. The highest BCUT2D eigenvalue weighted by Crippen LogP contribution is 2.42. The van der Waals surface area contributed by atoms with Gasteiger partial charge in [0.15, 0.2) is 12.4 Å². The number of anilines is 1. The van der Waals surface area contributed by atoms with E-state index in [0.717, 1.165) is 36.0 Å². The number of aromatic nitrogens is 1. The summed E-state index contributed by atoms with van der Waals surface area (Å²) in [6.07, 6.45) is 2.46. The van der Waals surface area contributed by atoms with Gasteiger partial charge in [-0.2, -0.15) is 0 Å². The molecule has 2 amide bonds. The number of imide groups is 1. The van der Waals surface area contributed by atoms with Crippen LogP contribution in [0.2, 0.25) is 0 Å². The Bertz CT molecular complexity index is 1730. The molecule has 0 bridgehead atoms. The van der Waals surface area contributed by atoms with Crippen molar-refractivity contribution in [2.45, 2.75) is 40.0 Å². The monoisotopic (exact) mass is 560 g/mol. The molecule has 7 heteroatoms. The smallest absolute Gasteiger partial charge is 0.339 e. The minimum absolute atomic E-state index is 0.117. The van der Waals surface area contributed by atoms with E-state index in [1.54, 1.807) is 42.5 Å². The highest BCUT2D eigenvalue weighted by atomic mass is 16.5. The number of rotatable bonds is 6. The van der Waals surface area contributed by atoms with Crippen molar-refractivity contribution in [1.29, 1.82) is 0 Å². The largest absolute Gasteiger partial charge is 0.454 e. The van der Waals surface area contributed by atoms with E-state index in [-0.39, 0.29) is 36.0 Å². The van der Waals surface area contributed by atoms with Gasteiger partial charge in [0.05, 0.1) is 34.3 Å². The first-order chi connectivity index (χ1) is 20.2. The maximum Gasteiger partial charge on any atom is 0.339 e. The molecular weight excluding hydrogens is 528 g/mol. The molecule has 0 radical (unpaired) electrons. The Balaban J connectivity index is 1.27. The van der Waals surface area contributed by atoms with Crippen molar-refractivity contribution in [3.63, 3.8) is 0 Å². The normalized spacial score (nSPS) is 20.1. The number of pyridine rings is 1. The first kappa shape index (κ1) is 27.5. The molecular formula is C35H32N2O5. The molecule has 7 nitrogen and oxygen atoms in total. The topological polar surface area (TPSA) is 93.6 Å². The van der Waals surface area contributed by atoms with Crippen molar-refractivity contribution >= 4 is 40.2 Å². The lowest BCUT2D eigenvalue weighted by atomic mass is 9.76. The lowest BCUT2D eigenvalue weighted by Crippen LogP contribution is -2.30. The minimum atomic E-state index is -0.614. The van der Waals surface area contributed by atoms with Gasteiger partial charge in [0.2, 0.25) is 11.8 Å². The zero-order valence-corrected chi connectivity index (χ0v) is 23.9.